The first-order valence-corrected chi connectivity index (χ1v) is 9.92. The number of aliphatic imine (C=N–C) groups is 1. The van der Waals surface area contributed by atoms with Crippen LogP contribution in [0.2, 0.25) is 0 Å². The van der Waals surface area contributed by atoms with Crippen molar-refractivity contribution in [2.75, 3.05) is 20.6 Å². The largest absolute Gasteiger partial charge is 0.457 e. The minimum Gasteiger partial charge on any atom is -0.457 e. The SMILES string of the molecule is CN1C(=O)C2C(N=CN2CC(=O)N/N=C/c2cccc(Oc3ccccc3)c2)N(C)C1=O. The molecule has 4 amide bonds. The molecule has 2 unspecified atom stereocenters. The summed E-state index contributed by atoms with van der Waals surface area (Å²) in [7, 11) is 2.98. The maximum absolute atomic E-state index is 12.5. The number of likely N-dealkylation sites (N-methyl/N-ethyl adjacent to an activating group) is 2. The fraction of sp³-hybridized carbons (Fsp3) is 0.227. The zero-order valence-corrected chi connectivity index (χ0v) is 17.6. The normalized spacial score (nSPS) is 20.1. The van der Waals surface area contributed by atoms with Crippen molar-refractivity contribution in [3.8, 4) is 11.5 Å². The molecule has 1 saturated heterocycles. The minimum atomic E-state index is -0.732. The number of para-hydroxylation sites is 1. The molecule has 4 rings (SSSR count). The van der Waals surface area contributed by atoms with Crippen LogP contribution in [0.1, 0.15) is 5.56 Å². The van der Waals surface area contributed by atoms with Crippen molar-refractivity contribution in [3.63, 3.8) is 0 Å². The quantitative estimate of drug-likeness (QED) is 0.548. The second-order valence-electron chi connectivity index (χ2n) is 7.37. The molecular formula is C22H22N6O4. The lowest BCUT2D eigenvalue weighted by Crippen LogP contribution is -2.64. The highest BCUT2D eigenvalue weighted by Crippen LogP contribution is 2.24. The molecule has 2 heterocycles. The van der Waals surface area contributed by atoms with Gasteiger partial charge in [0, 0.05) is 14.1 Å². The Morgan fingerprint density at radius 3 is 2.66 bits per heavy atom. The van der Waals surface area contributed by atoms with Gasteiger partial charge in [0.25, 0.3) is 11.8 Å². The smallest absolute Gasteiger partial charge is 0.328 e. The Kier molecular flexibility index (Phi) is 5.84. The van der Waals surface area contributed by atoms with E-state index in [4.69, 9.17) is 4.74 Å². The molecule has 1 N–H and O–H groups in total. The van der Waals surface area contributed by atoms with Gasteiger partial charge in [-0.3, -0.25) is 14.5 Å². The van der Waals surface area contributed by atoms with Crippen LogP contribution in [0.25, 0.3) is 0 Å². The Balaban J connectivity index is 1.34. The molecule has 32 heavy (non-hydrogen) atoms. The molecule has 2 atom stereocenters. The van der Waals surface area contributed by atoms with E-state index >= 15 is 0 Å². The fourth-order valence-corrected chi connectivity index (χ4v) is 3.50. The first-order valence-electron chi connectivity index (χ1n) is 9.92. The summed E-state index contributed by atoms with van der Waals surface area (Å²) in [6, 6.07) is 15.5. The van der Waals surface area contributed by atoms with Gasteiger partial charge in [0.15, 0.2) is 12.2 Å². The van der Waals surface area contributed by atoms with E-state index in [2.05, 4.69) is 15.5 Å². The van der Waals surface area contributed by atoms with Gasteiger partial charge in [-0.05, 0) is 29.8 Å². The van der Waals surface area contributed by atoms with Gasteiger partial charge in [0.05, 0.1) is 12.6 Å². The van der Waals surface area contributed by atoms with Crippen molar-refractivity contribution in [3.05, 3.63) is 60.2 Å². The van der Waals surface area contributed by atoms with Gasteiger partial charge in [0.1, 0.15) is 18.0 Å². The molecule has 0 radical (unpaired) electrons. The van der Waals surface area contributed by atoms with Gasteiger partial charge in [-0.2, -0.15) is 5.10 Å². The zero-order valence-electron chi connectivity index (χ0n) is 17.6. The highest BCUT2D eigenvalue weighted by atomic mass is 16.5. The zero-order chi connectivity index (χ0) is 22.7. The third kappa shape index (κ3) is 4.29. The lowest BCUT2D eigenvalue weighted by Gasteiger charge is -2.39. The van der Waals surface area contributed by atoms with Gasteiger partial charge < -0.3 is 14.5 Å². The molecule has 2 aromatic carbocycles. The van der Waals surface area contributed by atoms with Crippen LogP contribution in [-0.4, -0.2) is 77.9 Å². The van der Waals surface area contributed by atoms with Crippen LogP contribution in [0.3, 0.4) is 0 Å². The van der Waals surface area contributed by atoms with Crippen LogP contribution in [0, 0.1) is 0 Å². The first kappa shape index (κ1) is 21.0. The summed E-state index contributed by atoms with van der Waals surface area (Å²) < 4.78 is 5.79. The number of ether oxygens (including phenoxy) is 1. The molecule has 164 valence electrons. The number of benzene rings is 2. The van der Waals surface area contributed by atoms with Crippen molar-refractivity contribution in [2.24, 2.45) is 10.1 Å². The molecule has 0 aliphatic carbocycles. The van der Waals surface area contributed by atoms with E-state index in [0.717, 1.165) is 16.2 Å². The molecule has 0 saturated carbocycles. The van der Waals surface area contributed by atoms with Gasteiger partial charge in [-0.15, -0.1) is 0 Å². The van der Waals surface area contributed by atoms with Crippen LogP contribution in [0.5, 0.6) is 11.5 Å². The molecule has 2 aliphatic heterocycles. The monoisotopic (exact) mass is 434 g/mol. The van der Waals surface area contributed by atoms with Gasteiger partial charge in [0.2, 0.25) is 0 Å². The topological polar surface area (TPSA) is 107 Å². The number of amides is 4. The third-order valence-electron chi connectivity index (χ3n) is 5.14. The maximum atomic E-state index is 12.5. The van der Waals surface area contributed by atoms with Gasteiger partial charge in [-0.25, -0.2) is 15.2 Å². The van der Waals surface area contributed by atoms with E-state index in [1.165, 1.54) is 29.4 Å². The molecule has 0 spiro atoms. The Hall–Kier alpha value is -4.21. The second-order valence-corrected chi connectivity index (χ2v) is 7.37. The minimum absolute atomic E-state index is 0.124. The summed E-state index contributed by atoms with van der Waals surface area (Å²) in [4.78, 5) is 45.0. The Morgan fingerprint density at radius 2 is 1.88 bits per heavy atom. The highest BCUT2D eigenvalue weighted by Gasteiger charge is 2.48. The Labute approximate surface area is 184 Å². The van der Waals surface area contributed by atoms with Gasteiger partial charge >= 0.3 is 6.03 Å². The van der Waals surface area contributed by atoms with Crippen LogP contribution in [0.15, 0.2) is 64.7 Å². The molecule has 0 aromatic heterocycles. The Morgan fingerprint density at radius 1 is 1.12 bits per heavy atom. The number of nitrogens with one attached hydrogen (secondary N) is 1. The molecule has 0 bridgehead atoms. The predicted molar refractivity (Wildman–Crippen MR) is 117 cm³/mol. The third-order valence-corrected chi connectivity index (χ3v) is 5.14. The number of fused-ring (bicyclic) bond motifs is 1. The highest BCUT2D eigenvalue weighted by molar-refractivity contribution is 6.02. The second kappa shape index (κ2) is 8.88. The Bertz CT molecular complexity index is 1090. The lowest BCUT2D eigenvalue weighted by atomic mass is 10.1. The van der Waals surface area contributed by atoms with Crippen molar-refractivity contribution in [2.45, 2.75) is 12.2 Å². The number of hydrogen-bond acceptors (Lipinski definition) is 7. The average Bonchev–Trinajstić information content (AvgIpc) is 3.21. The molecule has 2 aliphatic rings. The number of hydrazone groups is 1. The number of rotatable bonds is 6. The summed E-state index contributed by atoms with van der Waals surface area (Å²) in [6.45, 7) is -0.124. The van der Waals surface area contributed by atoms with Crippen LogP contribution >= 0.6 is 0 Å². The summed E-state index contributed by atoms with van der Waals surface area (Å²) in [5.41, 5.74) is 3.19. The summed E-state index contributed by atoms with van der Waals surface area (Å²) >= 11 is 0. The fourth-order valence-electron chi connectivity index (χ4n) is 3.50. The predicted octanol–water partition coefficient (Wildman–Crippen LogP) is 1.49. The molecule has 10 nitrogen and oxygen atoms in total. The average molecular weight is 434 g/mol. The van der Waals surface area contributed by atoms with E-state index in [1.54, 1.807) is 13.1 Å². The van der Waals surface area contributed by atoms with E-state index in [-0.39, 0.29) is 6.54 Å². The number of urea groups is 1. The molecular weight excluding hydrogens is 412 g/mol. The maximum Gasteiger partial charge on any atom is 0.328 e. The lowest BCUT2D eigenvalue weighted by molar-refractivity contribution is -0.136. The summed E-state index contributed by atoms with van der Waals surface area (Å²) in [6.07, 6.45) is 2.28. The van der Waals surface area contributed by atoms with Gasteiger partial charge in [-0.1, -0.05) is 30.3 Å². The van der Waals surface area contributed by atoms with Crippen molar-refractivity contribution < 1.29 is 19.1 Å². The van der Waals surface area contributed by atoms with Crippen molar-refractivity contribution in [1.29, 1.82) is 0 Å². The van der Waals surface area contributed by atoms with Crippen LogP contribution in [-0.2, 0) is 9.59 Å². The molecule has 10 heteroatoms. The number of carbonyl (C=O) groups is 3. The standard InChI is InChI=1S/C22H22N6O4/c1-26-20-19(21(30)27(2)22(26)31)28(14-23-20)13-18(29)25-24-12-15-7-6-10-17(11-15)32-16-8-4-3-5-9-16/h3-12,14,19-20H,13H2,1-2H3,(H,25,29)/b24-12+. The van der Waals surface area contributed by atoms with Crippen LogP contribution < -0.4 is 10.2 Å². The summed E-state index contributed by atoms with van der Waals surface area (Å²) in [5.74, 6) is 0.544. The number of carbonyl (C=O) groups excluding carboxylic acids is 3. The number of nitrogens with zero attached hydrogens (tertiary/aromatic N) is 5. The van der Waals surface area contributed by atoms with Crippen molar-refractivity contribution in [1.82, 2.24) is 20.1 Å². The number of imide groups is 1. The molecule has 1 fully saturated rings. The summed E-state index contributed by atoms with van der Waals surface area (Å²) in [5, 5.41) is 3.99. The van der Waals surface area contributed by atoms with E-state index in [1.807, 2.05) is 48.5 Å². The van der Waals surface area contributed by atoms with Crippen molar-refractivity contribution >= 4 is 30.4 Å². The van der Waals surface area contributed by atoms with E-state index < -0.39 is 30.1 Å². The van der Waals surface area contributed by atoms with E-state index in [0.29, 0.717) is 5.75 Å². The first-order chi connectivity index (χ1) is 15.4. The number of hydrogen-bond donors (Lipinski definition) is 1. The molecule has 2 aromatic rings. The van der Waals surface area contributed by atoms with Crippen LogP contribution in [0.4, 0.5) is 4.79 Å². The van der Waals surface area contributed by atoms with E-state index in [9.17, 15) is 14.4 Å².